The third-order valence-corrected chi connectivity index (χ3v) is 8.63. The predicted molar refractivity (Wildman–Crippen MR) is 163 cm³/mol. The molecule has 14 heteroatoms. The summed E-state index contributed by atoms with van der Waals surface area (Å²) < 4.78 is 87.9. The van der Waals surface area contributed by atoms with E-state index in [2.05, 4.69) is 14.5 Å². The highest BCUT2D eigenvalue weighted by Crippen LogP contribution is 2.40. The highest BCUT2D eigenvalue weighted by Gasteiger charge is 2.33. The van der Waals surface area contributed by atoms with Crippen molar-refractivity contribution in [3.05, 3.63) is 81.2 Å². The lowest BCUT2D eigenvalue weighted by atomic mass is 9.78. The van der Waals surface area contributed by atoms with Crippen LogP contribution in [0.25, 0.3) is 6.08 Å². The monoisotopic (exact) mass is 655 g/mol. The molecule has 0 bridgehead atoms. The van der Waals surface area contributed by atoms with Gasteiger partial charge in [0.15, 0.2) is 0 Å². The average Bonchev–Trinajstić information content (AvgIpc) is 3.16. The summed E-state index contributed by atoms with van der Waals surface area (Å²) in [7, 11) is -5.18. The summed E-state index contributed by atoms with van der Waals surface area (Å²) >= 11 is 6.44. The molecule has 0 aromatic heterocycles. The normalized spacial score (nSPS) is 15.7. The molecule has 230 valence electrons. The second-order valence-corrected chi connectivity index (χ2v) is 14.2. The third-order valence-electron chi connectivity index (χ3n) is 6.31. The van der Waals surface area contributed by atoms with Gasteiger partial charge in [0.2, 0.25) is 10.0 Å². The Morgan fingerprint density at radius 2 is 1.67 bits per heavy atom. The Morgan fingerprint density at radius 3 is 2.30 bits per heavy atom. The van der Waals surface area contributed by atoms with Crippen molar-refractivity contribution in [3.63, 3.8) is 0 Å². The third kappa shape index (κ3) is 8.09. The summed E-state index contributed by atoms with van der Waals surface area (Å²) in [6.07, 6.45) is -2.60. The molecule has 0 spiro atoms. The number of halogens is 4. The fraction of sp³-hybridized carbons (Fsp3) is 0.276. The average molecular weight is 656 g/mol. The van der Waals surface area contributed by atoms with Crippen molar-refractivity contribution < 1.29 is 35.3 Å². The fourth-order valence-corrected chi connectivity index (χ4v) is 6.43. The van der Waals surface area contributed by atoms with Crippen molar-refractivity contribution in [2.24, 2.45) is 10.7 Å². The number of anilines is 1. The number of hydrogen-bond acceptors (Lipinski definition) is 6. The van der Waals surface area contributed by atoms with Crippen LogP contribution in [0.3, 0.4) is 0 Å². The summed E-state index contributed by atoms with van der Waals surface area (Å²) in [6, 6.07) is 13.6. The molecule has 3 aromatic rings. The number of fused-ring (bicyclic) bond motifs is 1. The maximum absolute atomic E-state index is 13.2. The number of ether oxygens (including phenoxy) is 2. The van der Waals surface area contributed by atoms with E-state index in [0.29, 0.717) is 38.0 Å². The Kier molecular flexibility index (Phi) is 8.92. The minimum atomic E-state index is -4.90. The number of nitrogens with one attached hydrogen (secondary N) is 1. The highest BCUT2D eigenvalue weighted by molar-refractivity contribution is 7.92. The van der Waals surface area contributed by atoms with E-state index < -0.39 is 38.3 Å². The molecule has 1 unspecified atom stereocenters. The smallest absolute Gasteiger partial charge is 0.491 e. The molecule has 0 saturated carbocycles. The molecule has 0 aliphatic carbocycles. The van der Waals surface area contributed by atoms with Gasteiger partial charge in [0.25, 0.3) is 0 Å². The first-order chi connectivity index (χ1) is 19.8. The number of alkyl halides is 3. The van der Waals surface area contributed by atoms with Crippen molar-refractivity contribution in [2.45, 2.75) is 50.5 Å². The minimum Gasteiger partial charge on any atom is -0.491 e. The van der Waals surface area contributed by atoms with Crippen molar-refractivity contribution in [2.75, 3.05) is 11.0 Å². The maximum atomic E-state index is 13.2. The van der Waals surface area contributed by atoms with Crippen LogP contribution >= 0.6 is 11.6 Å². The zero-order valence-corrected chi connectivity index (χ0v) is 26.1. The topological polar surface area (TPSA) is 120 Å². The molecule has 1 atom stereocenters. The van der Waals surface area contributed by atoms with Crippen LogP contribution in [0.1, 0.15) is 44.4 Å². The Morgan fingerprint density at radius 1 is 1.02 bits per heavy atom. The summed E-state index contributed by atoms with van der Waals surface area (Å²) in [6.45, 7) is 7.11. The molecule has 3 aromatic carbocycles. The van der Waals surface area contributed by atoms with Gasteiger partial charge in [0.1, 0.15) is 17.3 Å². The molecule has 43 heavy (non-hydrogen) atoms. The summed E-state index contributed by atoms with van der Waals surface area (Å²) in [5.41, 5.74) is 7.59. The Labute approximate surface area is 255 Å². The molecule has 0 saturated heterocycles. The van der Waals surface area contributed by atoms with Gasteiger partial charge >= 0.3 is 6.36 Å². The van der Waals surface area contributed by atoms with Crippen LogP contribution in [-0.2, 0) is 26.2 Å². The first-order valence-corrected chi connectivity index (χ1v) is 16.2. The van der Waals surface area contributed by atoms with Crippen LogP contribution < -0.4 is 19.9 Å². The molecule has 0 radical (unpaired) electrons. The van der Waals surface area contributed by atoms with Gasteiger partial charge in [-0.3, -0.25) is 4.72 Å². The van der Waals surface area contributed by atoms with E-state index in [0.717, 1.165) is 6.26 Å². The highest BCUT2D eigenvalue weighted by atomic mass is 35.5. The standard InChI is InChI=1S/C29H29ClF3N3O5S2/c1-16(2)40-23-12-19(13-24(15-23)41-29(31,32)33)28(3,4)18-10-20(30)14-22(11-18)35-27(34)26-9-17-8-21(36-43(5,38)39)6-7-25(17)42(26)37/h6-16,36H,1-5H3,(H2,34,35). The number of nitrogens with two attached hydrogens (primary N) is 1. The zero-order chi connectivity index (χ0) is 31.9. The lowest BCUT2D eigenvalue weighted by Gasteiger charge is -2.28. The van der Waals surface area contributed by atoms with Gasteiger partial charge < -0.3 is 15.2 Å². The molecule has 1 heterocycles. The fourth-order valence-electron chi connectivity index (χ4n) is 4.42. The van der Waals surface area contributed by atoms with E-state index in [9.17, 15) is 25.8 Å². The van der Waals surface area contributed by atoms with Crippen LogP contribution in [0.5, 0.6) is 11.5 Å². The largest absolute Gasteiger partial charge is 0.573 e. The molecule has 1 aliphatic heterocycles. The number of rotatable bonds is 9. The summed E-state index contributed by atoms with van der Waals surface area (Å²) in [4.78, 5) is 5.11. The van der Waals surface area contributed by atoms with E-state index >= 15 is 0 Å². The van der Waals surface area contributed by atoms with Crippen LogP contribution in [0.15, 0.2) is 69.4 Å². The first kappa shape index (κ1) is 32.4. The number of amidine groups is 1. The SMILES string of the molecule is CC(C)Oc1cc(OC(F)(F)F)cc(C(C)(C)c2cc(Cl)cc(N=C(N)C3=Cc4cc(NS(C)(=O)=O)ccc4S3=O)c2)c1. The summed E-state index contributed by atoms with van der Waals surface area (Å²) in [5.74, 6) is -0.274. The number of nitrogens with zero attached hydrogens (tertiary/aromatic N) is 1. The molecule has 0 fully saturated rings. The Bertz CT molecular complexity index is 1770. The van der Waals surface area contributed by atoms with Crippen molar-refractivity contribution in [1.82, 2.24) is 0 Å². The van der Waals surface area contributed by atoms with Gasteiger partial charge in [-0.2, -0.15) is 0 Å². The first-order valence-electron chi connectivity index (χ1n) is 12.8. The van der Waals surface area contributed by atoms with Crippen LogP contribution in [0, 0.1) is 0 Å². The maximum Gasteiger partial charge on any atom is 0.573 e. The van der Waals surface area contributed by atoms with Crippen molar-refractivity contribution >= 4 is 55.7 Å². The van der Waals surface area contributed by atoms with Gasteiger partial charge in [-0.1, -0.05) is 25.4 Å². The van der Waals surface area contributed by atoms with Gasteiger partial charge in [-0.25, -0.2) is 17.6 Å². The van der Waals surface area contributed by atoms with E-state index in [4.69, 9.17) is 22.1 Å². The second-order valence-electron chi connectivity index (χ2n) is 10.6. The summed E-state index contributed by atoms with van der Waals surface area (Å²) in [5, 5.41) is 0.291. The number of benzene rings is 3. The molecular weight excluding hydrogens is 627 g/mol. The van der Waals surface area contributed by atoms with Crippen LogP contribution in [0.4, 0.5) is 24.5 Å². The molecule has 8 nitrogen and oxygen atoms in total. The van der Waals surface area contributed by atoms with Gasteiger partial charge in [-0.15, -0.1) is 13.2 Å². The van der Waals surface area contributed by atoms with Crippen molar-refractivity contribution in [1.29, 1.82) is 0 Å². The quantitative estimate of drug-likeness (QED) is 0.192. The van der Waals surface area contributed by atoms with Crippen molar-refractivity contribution in [3.8, 4) is 11.5 Å². The lowest BCUT2D eigenvalue weighted by molar-refractivity contribution is -0.274. The van der Waals surface area contributed by atoms with Gasteiger partial charge in [-0.05, 0) is 85.1 Å². The molecule has 4 rings (SSSR count). The number of aliphatic imine (C=N–C) groups is 1. The Balaban J connectivity index is 1.71. The van der Waals surface area contributed by atoms with E-state index in [-0.39, 0.29) is 22.6 Å². The predicted octanol–water partition coefficient (Wildman–Crippen LogP) is 6.87. The van der Waals surface area contributed by atoms with Gasteiger partial charge in [0.05, 0.1) is 38.6 Å². The molecule has 0 amide bonds. The lowest BCUT2D eigenvalue weighted by Crippen LogP contribution is -2.21. The molecule has 3 N–H and O–H groups in total. The van der Waals surface area contributed by atoms with E-state index in [1.165, 1.54) is 18.2 Å². The number of hydrogen-bond donors (Lipinski definition) is 2. The van der Waals surface area contributed by atoms with E-state index in [1.54, 1.807) is 70.2 Å². The Hall–Kier alpha value is -3.55. The van der Waals surface area contributed by atoms with E-state index in [1.807, 2.05) is 0 Å². The molecular formula is C29H29ClF3N3O5S2. The second kappa shape index (κ2) is 11.9. The zero-order valence-electron chi connectivity index (χ0n) is 23.7. The van der Waals surface area contributed by atoms with Crippen LogP contribution in [-0.4, -0.2) is 37.2 Å². The molecule has 1 aliphatic rings. The van der Waals surface area contributed by atoms with Gasteiger partial charge in [0, 0.05) is 22.2 Å². The number of sulfonamides is 1. The van der Waals surface area contributed by atoms with Crippen LogP contribution in [0.2, 0.25) is 5.02 Å². The minimum absolute atomic E-state index is 0.0497.